The van der Waals surface area contributed by atoms with E-state index in [9.17, 15) is 5.11 Å². The second kappa shape index (κ2) is 1.64. The predicted octanol–water partition coefficient (Wildman–Crippen LogP) is -0.452. The Morgan fingerprint density at radius 1 is 2.00 bits per heavy atom. The van der Waals surface area contributed by atoms with E-state index in [1.54, 1.807) is 0 Å². The lowest BCUT2D eigenvalue weighted by Gasteiger charge is -1.91. The van der Waals surface area contributed by atoms with Gasteiger partial charge in [0.1, 0.15) is 6.42 Å². The highest BCUT2D eigenvalue weighted by Crippen LogP contribution is 1.62. The number of hydrogen-bond donors (Lipinski definition) is 1. The van der Waals surface area contributed by atoms with E-state index in [-0.39, 0.29) is 6.42 Å². The maximum atomic E-state index is 9.42. The minimum Gasteiger partial charge on any atom is -0.859 e. The van der Waals surface area contributed by atoms with E-state index in [0.717, 1.165) is 0 Å². The van der Waals surface area contributed by atoms with Gasteiger partial charge >= 0.3 is 0 Å². The summed E-state index contributed by atoms with van der Waals surface area (Å²) >= 11 is 0. The van der Waals surface area contributed by atoms with Crippen LogP contribution >= 0.6 is 0 Å². The van der Waals surface area contributed by atoms with Crippen LogP contribution in [0.2, 0.25) is 0 Å². The molecule has 0 aliphatic carbocycles. The maximum absolute atomic E-state index is 9.42. The first-order valence-electron chi connectivity index (χ1n) is 1.31. The van der Waals surface area contributed by atoms with Gasteiger partial charge in [-0.2, -0.15) is 0 Å². The van der Waals surface area contributed by atoms with Crippen molar-refractivity contribution >= 4 is 5.90 Å². The van der Waals surface area contributed by atoms with Gasteiger partial charge in [-0.1, -0.05) is 0 Å². The molecular formula is C3H5NO. The molecule has 0 aromatic rings. The molecule has 0 rings (SSSR count). The third-order valence-electron chi connectivity index (χ3n) is 0.227. The van der Waals surface area contributed by atoms with Crippen molar-refractivity contribution < 1.29 is 5.11 Å². The molecule has 1 N–H and O–H groups in total. The first-order valence-corrected chi connectivity index (χ1v) is 1.31. The van der Waals surface area contributed by atoms with Crippen LogP contribution in [0.3, 0.4) is 0 Å². The molecule has 0 saturated heterocycles. The third-order valence-corrected chi connectivity index (χ3v) is 0.227. The summed E-state index contributed by atoms with van der Waals surface area (Å²) in [7, 11) is 0. The Balaban J connectivity index is 2.85. The van der Waals surface area contributed by atoms with Gasteiger partial charge in [0, 0.05) is 0 Å². The monoisotopic (exact) mass is 71.0 g/mol. The molecule has 0 atom stereocenters. The Morgan fingerprint density at radius 2 is 2.20 bits per heavy atom. The summed E-state index contributed by atoms with van der Waals surface area (Å²) in [5.74, 6) is -0.606. The van der Waals surface area contributed by atoms with E-state index >= 15 is 0 Å². The molecule has 0 aromatic carbocycles. The van der Waals surface area contributed by atoms with E-state index < -0.39 is 5.90 Å². The van der Waals surface area contributed by atoms with Crippen LogP contribution in [0, 0.1) is 12.3 Å². The minimum atomic E-state index is -0.606. The quantitative estimate of drug-likeness (QED) is 0.254. The molecule has 0 radical (unpaired) electrons. The second-order valence-electron chi connectivity index (χ2n) is 0.673. The van der Waals surface area contributed by atoms with Crippen molar-refractivity contribution in [3.63, 3.8) is 0 Å². The molecule has 0 fully saturated rings. The van der Waals surface area contributed by atoms with Crippen molar-refractivity contribution in [1.82, 2.24) is 0 Å². The van der Waals surface area contributed by atoms with Crippen molar-refractivity contribution in [3.8, 4) is 0 Å². The van der Waals surface area contributed by atoms with E-state index in [2.05, 4.69) is 6.92 Å². The molecule has 0 aromatic heterocycles. The Hall–Kier alpha value is -0.660. The van der Waals surface area contributed by atoms with Crippen LogP contribution in [0.1, 0.15) is 6.42 Å². The summed E-state index contributed by atoms with van der Waals surface area (Å²) in [6.07, 6.45) is 0.0833. The second-order valence-corrected chi connectivity index (χ2v) is 0.673. The molecular weight excluding hydrogens is 66.0 g/mol. The summed E-state index contributed by atoms with van der Waals surface area (Å²) in [6.45, 7) is 3.15. The zero-order valence-corrected chi connectivity index (χ0v) is 2.82. The largest absolute Gasteiger partial charge is 0.859 e. The van der Waals surface area contributed by atoms with Crippen molar-refractivity contribution in [2.24, 2.45) is 0 Å². The normalized spacial score (nSPS) is 7.20. The SMILES string of the molecule is [CH2+]CC(=N)[O-]. The standard InChI is InChI=1S/C3H5NO/c1-2-3(4)5/h1-2H2,(H-,4,5). The fourth-order valence-corrected chi connectivity index (χ4v) is 0. The fraction of sp³-hybridized carbons (Fsp3) is 0.333. The lowest BCUT2D eigenvalue weighted by Crippen LogP contribution is -2.12. The zero-order valence-electron chi connectivity index (χ0n) is 2.82. The zero-order chi connectivity index (χ0) is 4.28. The molecule has 5 heavy (non-hydrogen) atoms. The van der Waals surface area contributed by atoms with Crippen LogP contribution in [-0.2, 0) is 0 Å². The van der Waals surface area contributed by atoms with Crippen LogP contribution in [0.15, 0.2) is 0 Å². The van der Waals surface area contributed by atoms with Crippen LogP contribution in [0.25, 0.3) is 0 Å². The summed E-state index contributed by atoms with van der Waals surface area (Å²) in [5, 5.41) is 15.5. The minimum absolute atomic E-state index is 0.0833. The molecule has 28 valence electrons. The van der Waals surface area contributed by atoms with Gasteiger partial charge in [0.25, 0.3) is 0 Å². The van der Waals surface area contributed by atoms with Crippen molar-refractivity contribution in [1.29, 1.82) is 5.41 Å². The molecule has 0 bridgehead atoms. The molecule has 0 aliphatic heterocycles. The average Bonchev–Trinajstić information content (AvgIpc) is 1.38. The van der Waals surface area contributed by atoms with E-state index in [0.29, 0.717) is 0 Å². The maximum Gasteiger partial charge on any atom is 0.112 e. The highest BCUT2D eigenvalue weighted by molar-refractivity contribution is 5.67. The molecule has 0 spiro atoms. The van der Waals surface area contributed by atoms with Gasteiger partial charge in [-0.25, -0.2) is 0 Å². The van der Waals surface area contributed by atoms with Gasteiger partial charge in [0.2, 0.25) is 0 Å². The van der Waals surface area contributed by atoms with E-state index in [4.69, 9.17) is 5.41 Å². The number of hydrogen-bond acceptors (Lipinski definition) is 2. The summed E-state index contributed by atoms with van der Waals surface area (Å²) in [6, 6.07) is 0. The van der Waals surface area contributed by atoms with Crippen LogP contribution in [0.5, 0.6) is 0 Å². The number of nitrogens with one attached hydrogen (secondary N) is 1. The molecule has 0 heterocycles. The van der Waals surface area contributed by atoms with Crippen molar-refractivity contribution in [2.75, 3.05) is 0 Å². The summed E-state index contributed by atoms with van der Waals surface area (Å²) < 4.78 is 0. The Bertz CT molecular complexity index is 42.2. The van der Waals surface area contributed by atoms with Gasteiger partial charge in [0.15, 0.2) is 0 Å². The first kappa shape index (κ1) is 4.34. The highest BCUT2D eigenvalue weighted by Gasteiger charge is 1.69. The Morgan fingerprint density at radius 3 is 2.20 bits per heavy atom. The van der Waals surface area contributed by atoms with Gasteiger partial charge in [0.05, 0.1) is 6.92 Å². The van der Waals surface area contributed by atoms with Gasteiger partial charge in [-0.15, -0.1) is 0 Å². The van der Waals surface area contributed by atoms with Crippen molar-refractivity contribution in [3.05, 3.63) is 6.92 Å². The van der Waals surface area contributed by atoms with Gasteiger partial charge < -0.3 is 10.5 Å². The molecule has 0 amide bonds. The van der Waals surface area contributed by atoms with Gasteiger partial charge in [-0.05, 0) is 5.90 Å². The summed E-state index contributed by atoms with van der Waals surface area (Å²) in [5.41, 5.74) is 0. The Labute approximate surface area is 30.9 Å². The van der Waals surface area contributed by atoms with Crippen LogP contribution in [-0.4, -0.2) is 5.90 Å². The first-order chi connectivity index (χ1) is 2.27. The van der Waals surface area contributed by atoms with Crippen LogP contribution < -0.4 is 5.11 Å². The molecule has 2 nitrogen and oxygen atoms in total. The fourth-order valence-electron chi connectivity index (χ4n) is 0. The van der Waals surface area contributed by atoms with Crippen molar-refractivity contribution in [2.45, 2.75) is 6.42 Å². The number of rotatable bonds is 1. The molecule has 0 aliphatic rings. The molecule has 0 saturated carbocycles. The molecule has 0 unspecified atom stereocenters. The average molecular weight is 71.1 g/mol. The molecule has 2 heteroatoms. The van der Waals surface area contributed by atoms with E-state index in [1.165, 1.54) is 0 Å². The lowest BCUT2D eigenvalue weighted by molar-refractivity contribution is -0.219. The Kier molecular flexibility index (Phi) is 1.42. The lowest BCUT2D eigenvalue weighted by atomic mass is 10.5. The summed E-state index contributed by atoms with van der Waals surface area (Å²) in [4.78, 5) is 0. The third kappa shape index (κ3) is 3.34. The smallest absolute Gasteiger partial charge is 0.112 e. The topological polar surface area (TPSA) is 46.9 Å². The van der Waals surface area contributed by atoms with Gasteiger partial charge in [-0.3, -0.25) is 0 Å². The predicted molar refractivity (Wildman–Crippen MR) is 17.7 cm³/mol. The van der Waals surface area contributed by atoms with Crippen LogP contribution in [0.4, 0.5) is 0 Å². The highest BCUT2D eigenvalue weighted by atomic mass is 16.3. The van der Waals surface area contributed by atoms with E-state index in [1.807, 2.05) is 0 Å².